The molecule has 2 rings (SSSR count). The summed E-state index contributed by atoms with van der Waals surface area (Å²) in [6, 6.07) is 1.33. The number of aromatic nitrogens is 1. The fourth-order valence-electron chi connectivity index (χ4n) is 1.94. The van der Waals surface area contributed by atoms with Gasteiger partial charge in [-0.15, -0.1) is 0 Å². The molecule has 0 aromatic carbocycles. The van der Waals surface area contributed by atoms with Gasteiger partial charge in [0.25, 0.3) is 0 Å². The van der Waals surface area contributed by atoms with Crippen LogP contribution in [0.3, 0.4) is 0 Å². The zero-order chi connectivity index (χ0) is 15.1. The van der Waals surface area contributed by atoms with E-state index in [1.54, 1.807) is 0 Å². The lowest BCUT2D eigenvalue weighted by molar-refractivity contribution is 0.00578. The Morgan fingerprint density at radius 1 is 1.20 bits per heavy atom. The van der Waals surface area contributed by atoms with Gasteiger partial charge in [0, 0.05) is 18.1 Å². The Kier molecular flexibility index (Phi) is 3.86. The summed E-state index contributed by atoms with van der Waals surface area (Å²) in [7, 11) is -0.940. The van der Waals surface area contributed by atoms with Gasteiger partial charge < -0.3 is 9.31 Å². The molecule has 1 aromatic rings. The van der Waals surface area contributed by atoms with Gasteiger partial charge in [-0.05, 0) is 33.3 Å². The minimum atomic E-state index is -2.51. The van der Waals surface area contributed by atoms with E-state index >= 15 is 0 Å². The van der Waals surface area contributed by atoms with E-state index in [0.29, 0.717) is 0 Å². The Bertz CT molecular complexity index is 492. The molecule has 20 heavy (non-hydrogen) atoms. The van der Waals surface area contributed by atoms with Crippen LogP contribution < -0.4 is 5.46 Å². The smallest absolute Gasteiger partial charge is 0.399 e. The third-order valence-corrected chi connectivity index (χ3v) is 3.82. The second kappa shape index (κ2) is 5.04. The third kappa shape index (κ3) is 2.83. The molecule has 0 atom stereocenters. The van der Waals surface area contributed by atoms with E-state index in [4.69, 9.17) is 9.31 Å². The van der Waals surface area contributed by atoms with Crippen molar-refractivity contribution < 1.29 is 22.5 Å². The molecule has 1 fully saturated rings. The highest BCUT2D eigenvalue weighted by atomic mass is 19.3. The van der Waals surface area contributed by atoms with Crippen molar-refractivity contribution in [2.24, 2.45) is 0 Å². The van der Waals surface area contributed by atoms with Crippen LogP contribution in [0.5, 0.6) is 0 Å². The SMILES string of the molecule is CC1(C)OB(c2cc(CC(F)F)cnc2F)OC1(C)C. The summed E-state index contributed by atoms with van der Waals surface area (Å²) >= 11 is 0. The summed E-state index contributed by atoms with van der Waals surface area (Å²) in [5.74, 6) is -0.762. The highest BCUT2D eigenvalue weighted by Gasteiger charge is 2.52. The molecule has 0 aliphatic carbocycles. The largest absolute Gasteiger partial charge is 0.499 e. The third-order valence-electron chi connectivity index (χ3n) is 3.82. The van der Waals surface area contributed by atoms with Gasteiger partial charge >= 0.3 is 7.12 Å². The average Bonchev–Trinajstić information content (AvgIpc) is 2.50. The second-order valence-corrected chi connectivity index (χ2v) is 5.91. The van der Waals surface area contributed by atoms with Crippen LogP contribution in [-0.4, -0.2) is 29.7 Å². The Morgan fingerprint density at radius 3 is 2.25 bits per heavy atom. The first kappa shape index (κ1) is 15.3. The Labute approximate surface area is 116 Å². The lowest BCUT2D eigenvalue weighted by Crippen LogP contribution is -2.41. The quantitative estimate of drug-likeness (QED) is 0.631. The molecule has 0 spiro atoms. The maximum atomic E-state index is 13.8. The summed E-state index contributed by atoms with van der Waals surface area (Å²) in [5.41, 5.74) is -0.932. The van der Waals surface area contributed by atoms with Gasteiger partial charge in [0.2, 0.25) is 12.4 Å². The Morgan fingerprint density at radius 2 is 1.75 bits per heavy atom. The van der Waals surface area contributed by atoms with Crippen molar-refractivity contribution >= 4 is 12.6 Å². The number of alkyl halides is 2. The first-order chi connectivity index (χ1) is 9.12. The van der Waals surface area contributed by atoms with E-state index in [1.165, 1.54) is 6.07 Å². The monoisotopic (exact) mass is 287 g/mol. The van der Waals surface area contributed by atoms with Crippen LogP contribution in [-0.2, 0) is 15.7 Å². The van der Waals surface area contributed by atoms with Crippen molar-refractivity contribution in [3.8, 4) is 0 Å². The lowest BCUT2D eigenvalue weighted by Gasteiger charge is -2.32. The molecule has 7 heteroatoms. The van der Waals surface area contributed by atoms with Gasteiger partial charge in [0.1, 0.15) is 0 Å². The summed E-state index contributed by atoms with van der Waals surface area (Å²) in [6.07, 6.45) is -1.87. The predicted molar refractivity (Wildman–Crippen MR) is 69.6 cm³/mol. The van der Waals surface area contributed by atoms with E-state index < -0.39 is 37.1 Å². The number of pyridine rings is 1. The molecule has 0 saturated carbocycles. The molecule has 1 aliphatic rings. The number of halogens is 3. The van der Waals surface area contributed by atoms with Gasteiger partial charge in [-0.25, -0.2) is 13.8 Å². The molecule has 110 valence electrons. The number of rotatable bonds is 3. The molecule has 1 saturated heterocycles. The molecule has 0 amide bonds. The lowest BCUT2D eigenvalue weighted by atomic mass is 9.79. The predicted octanol–water partition coefficient (Wildman–Crippen LogP) is 2.33. The standard InChI is InChI=1S/C13H17BF3NO2/c1-12(2)13(3,4)20-14(19-12)9-5-8(6-10(15)16)7-18-11(9)17/h5,7,10H,6H2,1-4H3. The first-order valence-electron chi connectivity index (χ1n) is 6.40. The fraction of sp³-hybridized carbons (Fsp3) is 0.615. The van der Waals surface area contributed by atoms with E-state index in [9.17, 15) is 13.2 Å². The van der Waals surface area contributed by atoms with E-state index in [0.717, 1.165) is 6.20 Å². The van der Waals surface area contributed by atoms with E-state index in [1.807, 2.05) is 27.7 Å². The highest BCUT2D eigenvalue weighted by Crippen LogP contribution is 2.36. The van der Waals surface area contributed by atoms with E-state index in [2.05, 4.69) is 4.98 Å². The van der Waals surface area contributed by atoms with Crippen molar-refractivity contribution in [1.82, 2.24) is 4.98 Å². The molecule has 0 radical (unpaired) electrons. The Hall–Kier alpha value is -1.08. The molecular weight excluding hydrogens is 270 g/mol. The maximum absolute atomic E-state index is 13.8. The molecule has 0 N–H and O–H groups in total. The van der Waals surface area contributed by atoms with Crippen LogP contribution in [0.1, 0.15) is 33.3 Å². The van der Waals surface area contributed by atoms with Crippen LogP contribution in [0.25, 0.3) is 0 Å². The molecule has 0 unspecified atom stereocenters. The Balaban J connectivity index is 2.30. The topological polar surface area (TPSA) is 31.4 Å². The van der Waals surface area contributed by atoms with Crippen molar-refractivity contribution in [3.05, 3.63) is 23.8 Å². The molecule has 0 bridgehead atoms. The van der Waals surface area contributed by atoms with Crippen LogP contribution in [0.15, 0.2) is 12.3 Å². The minimum Gasteiger partial charge on any atom is -0.399 e. The summed E-state index contributed by atoms with van der Waals surface area (Å²) in [6.45, 7) is 7.34. The zero-order valence-electron chi connectivity index (χ0n) is 11.9. The van der Waals surface area contributed by atoms with Gasteiger partial charge in [-0.1, -0.05) is 6.07 Å². The van der Waals surface area contributed by atoms with Crippen molar-refractivity contribution in [2.45, 2.75) is 51.7 Å². The minimum absolute atomic E-state index is 0.0572. The van der Waals surface area contributed by atoms with Crippen LogP contribution in [0, 0.1) is 5.95 Å². The first-order valence-corrected chi connectivity index (χ1v) is 6.40. The normalized spacial score (nSPS) is 20.7. The van der Waals surface area contributed by atoms with Crippen LogP contribution in [0.2, 0.25) is 0 Å². The fourth-order valence-corrected chi connectivity index (χ4v) is 1.94. The van der Waals surface area contributed by atoms with Gasteiger partial charge in [-0.2, -0.15) is 4.39 Å². The second-order valence-electron chi connectivity index (χ2n) is 5.91. The zero-order valence-corrected chi connectivity index (χ0v) is 11.9. The molecule has 2 heterocycles. The van der Waals surface area contributed by atoms with Gasteiger partial charge in [0.15, 0.2) is 0 Å². The van der Waals surface area contributed by atoms with Crippen LogP contribution in [0.4, 0.5) is 13.2 Å². The number of nitrogens with zero attached hydrogens (tertiary/aromatic N) is 1. The van der Waals surface area contributed by atoms with Gasteiger partial charge in [0.05, 0.1) is 11.2 Å². The summed E-state index contributed by atoms with van der Waals surface area (Å²) in [4.78, 5) is 3.51. The maximum Gasteiger partial charge on any atom is 0.499 e. The number of hydrogen-bond donors (Lipinski definition) is 0. The number of hydrogen-bond acceptors (Lipinski definition) is 3. The van der Waals surface area contributed by atoms with Crippen molar-refractivity contribution in [3.63, 3.8) is 0 Å². The molecule has 1 aromatic heterocycles. The summed E-state index contributed by atoms with van der Waals surface area (Å²) < 4.78 is 50.0. The average molecular weight is 287 g/mol. The van der Waals surface area contributed by atoms with Gasteiger partial charge in [-0.3, -0.25) is 0 Å². The molecule has 3 nitrogen and oxygen atoms in total. The van der Waals surface area contributed by atoms with E-state index in [-0.39, 0.29) is 11.0 Å². The molecule has 1 aliphatic heterocycles. The van der Waals surface area contributed by atoms with Crippen LogP contribution >= 0.6 is 0 Å². The highest BCUT2D eigenvalue weighted by molar-refractivity contribution is 6.62. The van der Waals surface area contributed by atoms with Crippen molar-refractivity contribution in [2.75, 3.05) is 0 Å². The molecular formula is C13H17BF3NO2. The summed E-state index contributed by atoms with van der Waals surface area (Å²) in [5, 5.41) is 0. The van der Waals surface area contributed by atoms with Crippen molar-refractivity contribution in [1.29, 1.82) is 0 Å².